The fraction of sp³-hybridized carbons (Fsp3) is 0.0667. The number of nitrogens with zero attached hydrogens (tertiary/aromatic N) is 2. The Morgan fingerprint density at radius 3 is 2.71 bits per heavy atom. The van der Waals surface area contributed by atoms with E-state index >= 15 is 0 Å². The van der Waals surface area contributed by atoms with E-state index < -0.39 is 0 Å². The molecule has 0 aliphatic heterocycles. The van der Waals surface area contributed by atoms with Gasteiger partial charge < -0.3 is 10.2 Å². The summed E-state index contributed by atoms with van der Waals surface area (Å²) in [7, 11) is 0. The van der Waals surface area contributed by atoms with Crippen molar-refractivity contribution >= 4 is 28.4 Å². The minimum absolute atomic E-state index is 0.457. The topological polar surface area (TPSA) is 73.1 Å². The third-order valence-electron chi connectivity index (χ3n) is 2.98. The van der Waals surface area contributed by atoms with Crippen LogP contribution in [0, 0.1) is 0 Å². The zero-order valence-electron chi connectivity index (χ0n) is 11.4. The second-order valence-corrected chi connectivity index (χ2v) is 5.08. The Morgan fingerprint density at radius 2 is 1.90 bits per heavy atom. The number of anilines is 1. The van der Waals surface area contributed by atoms with Crippen LogP contribution < -0.4 is 16.0 Å². The van der Waals surface area contributed by atoms with Crippen molar-refractivity contribution in [3.63, 3.8) is 0 Å². The molecule has 6 heteroatoms. The number of ether oxygens (including phenoxy) is 1. The molecule has 0 spiro atoms. The van der Waals surface area contributed by atoms with Crippen molar-refractivity contribution in [2.45, 2.75) is 5.16 Å². The van der Waals surface area contributed by atoms with Crippen molar-refractivity contribution in [2.75, 3.05) is 11.7 Å². The summed E-state index contributed by atoms with van der Waals surface area (Å²) in [6.45, 7) is 0. The molecule has 0 bridgehead atoms. The number of aromatic nitrogens is 2. The molecule has 1 aromatic heterocycles. The molecule has 0 atom stereocenters. The minimum atomic E-state index is 0.457. The van der Waals surface area contributed by atoms with Crippen LogP contribution in [0.1, 0.15) is 0 Å². The Balaban J connectivity index is 2.02. The van der Waals surface area contributed by atoms with E-state index in [2.05, 4.69) is 15.4 Å². The molecule has 0 fully saturated rings. The van der Waals surface area contributed by atoms with Crippen LogP contribution in [0.3, 0.4) is 0 Å². The first-order valence-electron chi connectivity index (χ1n) is 6.35. The van der Waals surface area contributed by atoms with Gasteiger partial charge in [-0.25, -0.2) is 10.8 Å². The van der Waals surface area contributed by atoms with Gasteiger partial charge >= 0.3 is 0 Å². The lowest BCUT2D eigenvalue weighted by molar-refractivity contribution is 0.461. The zero-order valence-corrected chi connectivity index (χ0v) is 12.2. The Kier molecular flexibility index (Phi) is 3.89. The molecule has 3 aromatic rings. The van der Waals surface area contributed by atoms with Crippen LogP contribution in [0.2, 0.25) is 0 Å². The molecule has 0 radical (unpaired) electrons. The van der Waals surface area contributed by atoms with E-state index in [1.165, 1.54) is 11.8 Å². The number of hydrazine groups is 1. The van der Waals surface area contributed by atoms with Crippen LogP contribution in [-0.4, -0.2) is 16.2 Å². The maximum absolute atomic E-state index is 5.92. The number of nitrogen functional groups attached to an aromatic ring is 1. The SMILES string of the molecule is CSc1nc(NN)cc(Oc2cccc3ccccc23)n1. The van der Waals surface area contributed by atoms with E-state index in [0.29, 0.717) is 16.9 Å². The van der Waals surface area contributed by atoms with E-state index in [1.54, 1.807) is 6.07 Å². The largest absolute Gasteiger partial charge is 0.438 e. The molecule has 0 saturated heterocycles. The highest BCUT2D eigenvalue weighted by atomic mass is 32.2. The van der Waals surface area contributed by atoms with E-state index in [1.807, 2.05) is 48.7 Å². The first-order valence-corrected chi connectivity index (χ1v) is 7.58. The van der Waals surface area contributed by atoms with E-state index in [4.69, 9.17) is 10.6 Å². The fourth-order valence-electron chi connectivity index (χ4n) is 2.02. The van der Waals surface area contributed by atoms with Crippen molar-refractivity contribution in [3.05, 3.63) is 48.5 Å². The van der Waals surface area contributed by atoms with Crippen LogP contribution >= 0.6 is 11.8 Å². The normalized spacial score (nSPS) is 10.6. The number of fused-ring (bicyclic) bond motifs is 1. The Bertz CT molecular complexity index is 751. The van der Waals surface area contributed by atoms with Gasteiger partial charge in [0.2, 0.25) is 5.88 Å². The van der Waals surface area contributed by atoms with E-state index in [9.17, 15) is 0 Å². The van der Waals surface area contributed by atoms with Gasteiger partial charge in [-0.15, -0.1) is 0 Å². The van der Waals surface area contributed by atoms with Gasteiger partial charge in [-0.3, -0.25) is 0 Å². The van der Waals surface area contributed by atoms with Gasteiger partial charge in [0.25, 0.3) is 0 Å². The molecule has 106 valence electrons. The predicted molar refractivity (Wildman–Crippen MR) is 85.6 cm³/mol. The number of nitrogens with two attached hydrogens (primary N) is 1. The summed E-state index contributed by atoms with van der Waals surface area (Å²) >= 11 is 1.43. The third-order valence-corrected chi connectivity index (χ3v) is 3.52. The lowest BCUT2D eigenvalue weighted by atomic mass is 10.1. The van der Waals surface area contributed by atoms with Crippen molar-refractivity contribution in [1.82, 2.24) is 9.97 Å². The van der Waals surface area contributed by atoms with Gasteiger partial charge in [0.15, 0.2) is 5.16 Å². The molecular weight excluding hydrogens is 284 g/mol. The standard InChI is InChI=1S/C15H14N4OS/c1-21-15-17-13(19-16)9-14(18-15)20-12-8-4-6-10-5-2-3-7-11(10)12/h2-9H,16H2,1H3,(H,17,18,19). The van der Waals surface area contributed by atoms with Crippen molar-refractivity contribution in [2.24, 2.45) is 5.84 Å². The van der Waals surface area contributed by atoms with Crippen LogP contribution in [0.5, 0.6) is 11.6 Å². The third kappa shape index (κ3) is 2.91. The fourth-order valence-corrected chi connectivity index (χ4v) is 2.39. The summed E-state index contributed by atoms with van der Waals surface area (Å²) in [6.07, 6.45) is 1.90. The second kappa shape index (κ2) is 5.99. The maximum atomic E-state index is 5.92. The number of nitrogens with one attached hydrogen (secondary N) is 1. The average molecular weight is 298 g/mol. The monoisotopic (exact) mass is 298 g/mol. The predicted octanol–water partition coefficient (Wildman–Crippen LogP) is 3.43. The molecule has 0 unspecified atom stereocenters. The molecular formula is C15H14N4OS. The van der Waals surface area contributed by atoms with Crippen LogP contribution in [-0.2, 0) is 0 Å². The van der Waals surface area contributed by atoms with Crippen molar-refractivity contribution in [3.8, 4) is 11.6 Å². The average Bonchev–Trinajstić information content (AvgIpc) is 2.55. The molecule has 2 aromatic carbocycles. The summed E-state index contributed by atoms with van der Waals surface area (Å²) in [5.74, 6) is 7.15. The second-order valence-electron chi connectivity index (χ2n) is 4.30. The van der Waals surface area contributed by atoms with Gasteiger partial charge in [0.1, 0.15) is 11.6 Å². The molecule has 0 aliphatic carbocycles. The number of benzene rings is 2. The summed E-state index contributed by atoms with van der Waals surface area (Å²) in [4.78, 5) is 8.55. The number of rotatable bonds is 4. The Labute approximate surface area is 126 Å². The van der Waals surface area contributed by atoms with Gasteiger partial charge in [-0.2, -0.15) is 4.98 Å². The van der Waals surface area contributed by atoms with Gasteiger partial charge in [0.05, 0.1) is 0 Å². The molecule has 0 saturated carbocycles. The van der Waals surface area contributed by atoms with E-state index in [0.717, 1.165) is 16.5 Å². The smallest absolute Gasteiger partial charge is 0.225 e. The molecule has 5 nitrogen and oxygen atoms in total. The highest BCUT2D eigenvalue weighted by Crippen LogP contribution is 2.30. The number of thioether (sulfide) groups is 1. The highest BCUT2D eigenvalue weighted by molar-refractivity contribution is 7.98. The van der Waals surface area contributed by atoms with E-state index in [-0.39, 0.29) is 0 Å². The molecule has 3 rings (SSSR count). The zero-order chi connectivity index (χ0) is 14.7. The lowest BCUT2D eigenvalue weighted by Crippen LogP contribution is -2.09. The Hall–Kier alpha value is -2.31. The summed E-state index contributed by atoms with van der Waals surface area (Å²) < 4.78 is 5.92. The van der Waals surface area contributed by atoms with Crippen LogP contribution in [0.25, 0.3) is 10.8 Å². The summed E-state index contributed by atoms with van der Waals surface area (Å²) in [6, 6.07) is 15.6. The van der Waals surface area contributed by atoms with Crippen LogP contribution in [0.15, 0.2) is 53.7 Å². The summed E-state index contributed by atoms with van der Waals surface area (Å²) in [5.41, 5.74) is 2.52. The first kappa shape index (κ1) is 13.7. The Morgan fingerprint density at radius 1 is 1.10 bits per heavy atom. The quantitative estimate of drug-likeness (QED) is 0.333. The van der Waals surface area contributed by atoms with Crippen molar-refractivity contribution in [1.29, 1.82) is 0 Å². The molecule has 21 heavy (non-hydrogen) atoms. The van der Waals surface area contributed by atoms with Crippen LogP contribution in [0.4, 0.5) is 5.82 Å². The van der Waals surface area contributed by atoms with Gasteiger partial charge in [-0.1, -0.05) is 48.2 Å². The minimum Gasteiger partial charge on any atom is -0.438 e. The molecule has 0 amide bonds. The number of hydrogen-bond donors (Lipinski definition) is 2. The molecule has 0 aliphatic rings. The first-order chi connectivity index (χ1) is 10.3. The molecule has 1 heterocycles. The number of hydrogen-bond acceptors (Lipinski definition) is 6. The lowest BCUT2D eigenvalue weighted by Gasteiger charge is -2.10. The summed E-state index contributed by atoms with van der Waals surface area (Å²) in [5, 5.41) is 2.75. The highest BCUT2D eigenvalue weighted by Gasteiger charge is 2.07. The maximum Gasteiger partial charge on any atom is 0.225 e. The van der Waals surface area contributed by atoms with Gasteiger partial charge in [-0.05, 0) is 17.7 Å². The molecule has 3 N–H and O–H groups in total. The van der Waals surface area contributed by atoms with Gasteiger partial charge in [0, 0.05) is 11.5 Å². The van der Waals surface area contributed by atoms with Crippen molar-refractivity contribution < 1.29 is 4.74 Å².